The molecule has 0 aliphatic rings. The lowest BCUT2D eigenvalue weighted by molar-refractivity contribution is -0.139. The van der Waals surface area contributed by atoms with Gasteiger partial charge in [0, 0.05) is 0 Å². The molecule has 1 heterocycles. The predicted octanol–water partition coefficient (Wildman–Crippen LogP) is 2.62. The molecule has 0 aliphatic carbocycles. The zero-order valence-corrected chi connectivity index (χ0v) is 12.0. The van der Waals surface area contributed by atoms with Gasteiger partial charge in [0.1, 0.15) is 16.9 Å². The molecule has 0 bridgehead atoms. The first-order valence-corrected chi connectivity index (χ1v) is 6.42. The van der Waals surface area contributed by atoms with Gasteiger partial charge in [0.2, 0.25) is 0 Å². The van der Waals surface area contributed by atoms with Crippen LogP contribution in [-0.2, 0) is 4.79 Å². The second-order valence-electron chi connectivity index (χ2n) is 4.46. The molecule has 2 N–H and O–H groups in total. The SMILES string of the molecule is CC(C)C[C@@H](NC(=O)c1nc(Cl)ccc1Cl)C(=O)O. The number of nitrogens with one attached hydrogen (secondary N) is 1. The number of hydrogen-bond donors (Lipinski definition) is 2. The van der Waals surface area contributed by atoms with E-state index in [0.29, 0.717) is 6.42 Å². The van der Waals surface area contributed by atoms with E-state index in [4.69, 9.17) is 28.3 Å². The van der Waals surface area contributed by atoms with Crippen LogP contribution in [0.3, 0.4) is 0 Å². The van der Waals surface area contributed by atoms with Crippen molar-refractivity contribution in [1.82, 2.24) is 10.3 Å². The highest BCUT2D eigenvalue weighted by Crippen LogP contribution is 2.17. The summed E-state index contributed by atoms with van der Waals surface area (Å²) in [4.78, 5) is 26.8. The van der Waals surface area contributed by atoms with Crippen LogP contribution in [0.15, 0.2) is 12.1 Å². The van der Waals surface area contributed by atoms with Crippen LogP contribution in [0.25, 0.3) is 0 Å². The first kappa shape index (κ1) is 15.7. The highest BCUT2D eigenvalue weighted by molar-refractivity contribution is 6.34. The van der Waals surface area contributed by atoms with E-state index in [0.717, 1.165) is 0 Å². The smallest absolute Gasteiger partial charge is 0.326 e. The quantitative estimate of drug-likeness (QED) is 0.820. The highest BCUT2D eigenvalue weighted by Gasteiger charge is 2.23. The van der Waals surface area contributed by atoms with Crippen molar-refractivity contribution in [3.05, 3.63) is 28.0 Å². The van der Waals surface area contributed by atoms with Crippen LogP contribution in [0.4, 0.5) is 0 Å². The third kappa shape index (κ3) is 4.69. The normalized spacial score (nSPS) is 12.3. The Bertz CT molecular complexity index is 492. The molecule has 0 saturated heterocycles. The Hall–Kier alpha value is -1.33. The van der Waals surface area contributed by atoms with Gasteiger partial charge in [-0.3, -0.25) is 4.79 Å². The number of carbonyl (C=O) groups is 2. The van der Waals surface area contributed by atoms with Gasteiger partial charge in [-0.25, -0.2) is 9.78 Å². The monoisotopic (exact) mass is 304 g/mol. The summed E-state index contributed by atoms with van der Waals surface area (Å²) in [5.74, 6) is -1.62. The molecular weight excluding hydrogens is 291 g/mol. The highest BCUT2D eigenvalue weighted by atomic mass is 35.5. The maximum absolute atomic E-state index is 11.9. The molecule has 1 aromatic rings. The van der Waals surface area contributed by atoms with Crippen LogP contribution >= 0.6 is 23.2 Å². The van der Waals surface area contributed by atoms with E-state index in [-0.39, 0.29) is 21.8 Å². The zero-order chi connectivity index (χ0) is 14.6. The number of amides is 1. The van der Waals surface area contributed by atoms with Crippen LogP contribution in [0.5, 0.6) is 0 Å². The number of aromatic nitrogens is 1. The Morgan fingerprint density at radius 3 is 2.53 bits per heavy atom. The van der Waals surface area contributed by atoms with Crippen LogP contribution in [0, 0.1) is 5.92 Å². The average molecular weight is 305 g/mol. The molecule has 0 fully saturated rings. The second kappa shape index (κ2) is 6.73. The van der Waals surface area contributed by atoms with Crippen LogP contribution in [0.2, 0.25) is 10.2 Å². The van der Waals surface area contributed by atoms with Crippen LogP contribution < -0.4 is 5.32 Å². The molecule has 0 spiro atoms. The number of halogens is 2. The molecule has 1 amide bonds. The van der Waals surface area contributed by atoms with Crippen molar-refractivity contribution in [2.75, 3.05) is 0 Å². The molecule has 19 heavy (non-hydrogen) atoms. The summed E-state index contributed by atoms with van der Waals surface area (Å²) in [6.07, 6.45) is 0.319. The van der Waals surface area contributed by atoms with Gasteiger partial charge in [-0.05, 0) is 24.5 Å². The first-order chi connectivity index (χ1) is 8.81. The van der Waals surface area contributed by atoms with Crippen molar-refractivity contribution < 1.29 is 14.7 Å². The van der Waals surface area contributed by atoms with Gasteiger partial charge in [-0.15, -0.1) is 0 Å². The Kier molecular flexibility index (Phi) is 5.57. The summed E-state index contributed by atoms with van der Waals surface area (Å²) in [5.41, 5.74) is -0.0795. The first-order valence-electron chi connectivity index (χ1n) is 5.67. The molecule has 1 aromatic heterocycles. The number of carbonyl (C=O) groups excluding carboxylic acids is 1. The number of hydrogen-bond acceptors (Lipinski definition) is 3. The minimum Gasteiger partial charge on any atom is -0.480 e. The fraction of sp³-hybridized carbons (Fsp3) is 0.417. The van der Waals surface area contributed by atoms with E-state index >= 15 is 0 Å². The van der Waals surface area contributed by atoms with E-state index in [1.54, 1.807) is 0 Å². The zero-order valence-electron chi connectivity index (χ0n) is 10.5. The van der Waals surface area contributed by atoms with E-state index in [2.05, 4.69) is 10.3 Å². The Labute approximate surface area is 120 Å². The summed E-state index contributed by atoms with van der Waals surface area (Å²) >= 11 is 11.5. The van der Waals surface area contributed by atoms with Gasteiger partial charge in [-0.1, -0.05) is 37.0 Å². The lowest BCUT2D eigenvalue weighted by Gasteiger charge is -2.16. The molecule has 0 unspecified atom stereocenters. The third-order valence-electron chi connectivity index (χ3n) is 2.34. The standard InChI is InChI=1S/C12H14Cl2N2O3/c1-6(2)5-8(12(18)19)15-11(17)10-7(13)3-4-9(14)16-10/h3-4,6,8H,5H2,1-2H3,(H,15,17)(H,18,19)/t8-/m1/s1. The lowest BCUT2D eigenvalue weighted by atomic mass is 10.0. The van der Waals surface area contributed by atoms with Crippen molar-refractivity contribution in [2.24, 2.45) is 5.92 Å². The molecule has 0 aromatic carbocycles. The number of carboxylic acids is 1. The van der Waals surface area contributed by atoms with Gasteiger partial charge < -0.3 is 10.4 Å². The maximum Gasteiger partial charge on any atom is 0.326 e. The van der Waals surface area contributed by atoms with E-state index in [1.165, 1.54) is 12.1 Å². The molecule has 104 valence electrons. The van der Waals surface area contributed by atoms with E-state index in [9.17, 15) is 9.59 Å². The summed E-state index contributed by atoms with van der Waals surface area (Å²) in [6, 6.07) is 1.90. The summed E-state index contributed by atoms with van der Waals surface area (Å²) in [5, 5.41) is 11.7. The molecule has 1 atom stereocenters. The Morgan fingerprint density at radius 2 is 2.00 bits per heavy atom. The number of carboxylic acid groups (broad SMARTS) is 1. The topological polar surface area (TPSA) is 79.3 Å². The Balaban J connectivity index is 2.87. The number of aliphatic carboxylic acids is 1. The van der Waals surface area contributed by atoms with Crippen molar-refractivity contribution >= 4 is 35.1 Å². The summed E-state index contributed by atoms with van der Waals surface area (Å²) < 4.78 is 0. The van der Waals surface area contributed by atoms with Crippen molar-refractivity contribution in [3.8, 4) is 0 Å². The largest absolute Gasteiger partial charge is 0.480 e. The minimum atomic E-state index is -1.10. The summed E-state index contributed by atoms with van der Waals surface area (Å²) in [7, 11) is 0. The predicted molar refractivity (Wildman–Crippen MR) is 72.6 cm³/mol. The Morgan fingerprint density at radius 1 is 1.37 bits per heavy atom. The molecule has 5 nitrogen and oxygen atoms in total. The van der Waals surface area contributed by atoms with E-state index in [1.807, 2.05) is 13.8 Å². The molecule has 0 saturated carbocycles. The van der Waals surface area contributed by atoms with Gasteiger partial charge in [-0.2, -0.15) is 0 Å². The lowest BCUT2D eigenvalue weighted by Crippen LogP contribution is -2.42. The fourth-order valence-electron chi connectivity index (χ4n) is 1.50. The van der Waals surface area contributed by atoms with Gasteiger partial charge in [0.15, 0.2) is 0 Å². The van der Waals surface area contributed by atoms with Gasteiger partial charge >= 0.3 is 5.97 Å². The second-order valence-corrected chi connectivity index (χ2v) is 5.25. The maximum atomic E-state index is 11.9. The van der Waals surface area contributed by atoms with Crippen molar-refractivity contribution in [2.45, 2.75) is 26.3 Å². The minimum absolute atomic E-state index is 0.0795. The third-order valence-corrected chi connectivity index (χ3v) is 2.85. The van der Waals surface area contributed by atoms with Crippen LogP contribution in [-0.4, -0.2) is 28.0 Å². The van der Waals surface area contributed by atoms with Gasteiger partial charge in [0.05, 0.1) is 5.02 Å². The fourth-order valence-corrected chi connectivity index (χ4v) is 1.84. The number of pyridine rings is 1. The molecule has 7 heteroatoms. The number of rotatable bonds is 5. The molecule has 0 radical (unpaired) electrons. The molecule has 0 aliphatic heterocycles. The van der Waals surface area contributed by atoms with E-state index < -0.39 is 17.9 Å². The van der Waals surface area contributed by atoms with Crippen molar-refractivity contribution in [1.29, 1.82) is 0 Å². The van der Waals surface area contributed by atoms with Crippen molar-refractivity contribution in [3.63, 3.8) is 0 Å². The van der Waals surface area contributed by atoms with Crippen LogP contribution in [0.1, 0.15) is 30.8 Å². The average Bonchev–Trinajstić information content (AvgIpc) is 2.30. The number of nitrogens with zero attached hydrogens (tertiary/aromatic N) is 1. The molecular formula is C12H14Cl2N2O3. The molecule has 1 rings (SSSR count). The van der Waals surface area contributed by atoms with Gasteiger partial charge in [0.25, 0.3) is 5.91 Å². The summed E-state index contributed by atoms with van der Waals surface area (Å²) in [6.45, 7) is 3.74.